The second-order valence-electron chi connectivity index (χ2n) is 4.28. The summed E-state index contributed by atoms with van der Waals surface area (Å²) in [6.45, 7) is 2.25. The van der Waals surface area contributed by atoms with E-state index in [1.54, 1.807) is 17.0 Å². The molecule has 20 heavy (non-hydrogen) atoms. The van der Waals surface area contributed by atoms with E-state index < -0.39 is 0 Å². The van der Waals surface area contributed by atoms with E-state index in [1.165, 1.54) is 0 Å². The van der Waals surface area contributed by atoms with Gasteiger partial charge < -0.3 is 20.3 Å². The highest BCUT2D eigenvalue weighted by Gasteiger charge is 2.23. The Morgan fingerprint density at radius 2 is 2.30 bits per heavy atom. The Morgan fingerprint density at radius 3 is 3.00 bits per heavy atom. The molecule has 0 saturated heterocycles. The highest BCUT2D eigenvalue weighted by molar-refractivity contribution is 5.77. The first-order valence-corrected chi connectivity index (χ1v) is 6.30. The maximum absolute atomic E-state index is 9.09. The summed E-state index contributed by atoms with van der Waals surface area (Å²) in [7, 11) is 0. The molecule has 1 aliphatic rings. The Balaban J connectivity index is 2.03. The third kappa shape index (κ3) is 2.08. The lowest BCUT2D eigenvalue weighted by atomic mass is 10.4. The first kappa shape index (κ1) is 12.8. The van der Waals surface area contributed by atoms with Gasteiger partial charge in [-0.2, -0.15) is 9.97 Å². The van der Waals surface area contributed by atoms with Crippen LogP contribution in [0.3, 0.4) is 0 Å². The van der Waals surface area contributed by atoms with Gasteiger partial charge in [0.25, 0.3) is 0 Å². The molecule has 0 spiro atoms. The summed E-state index contributed by atoms with van der Waals surface area (Å²) in [6.07, 6.45) is 4.53. The third-order valence-corrected chi connectivity index (χ3v) is 2.95. The zero-order valence-corrected chi connectivity index (χ0v) is 10.9. The lowest BCUT2D eigenvalue weighted by molar-refractivity contribution is -0.00638. The predicted octanol–water partition coefficient (Wildman–Crippen LogP) is 0.253. The molecule has 8 heteroatoms. The van der Waals surface area contributed by atoms with Crippen molar-refractivity contribution in [2.24, 2.45) is 0 Å². The molecule has 3 N–H and O–H groups in total. The topological polar surface area (TPSA) is 108 Å². The Bertz CT molecular complexity index is 654. The molecule has 8 nitrogen and oxygen atoms in total. The van der Waals surface area contributed by atoms with Crippen LogP contribution in [0.4, 0.5) is 5.95 Å². The minimum Gasteiger partial charge on any atom is -0.476 e. The quantitative estimate of drug-likeness (QED) is 0.771. The molecule has 1 aliphatic heterocycles. The van der Waals surface area contributed by atoms with Crippen LogP contribution in [0.5, 0.6) is 5.88 Å². The minimum absolute atomic E-state index is 0.0685. The van der Waals surface area contributed by atoms with E-state index in [1.807, 2.05) is 13.0 Å². The Hall–Kier alpha value is -2.19. The molecule has 106 valence electrons. The number of imidazole rings is 1. The summed E-state index contributed by atoms with van der Waals surface area (Å²) in [6, 6.07) is 0. The monoisotopic (exact) mass is 277 g/mol. The summed E-state index contributed by atoms with van der Waals surface area (Å²) < 4.78 is 12.8. The zero-order chi connectivity index (χ0) is 14.1. The first-order chi connectivity index (χ1) is 9.72. The average Bonchev–Trinajstić information content (AvgIpc) is 3.04. The van der Waals surface area contributed by atoms with Gasteiger partial charge in [0.1, 0.15) is 6.10 Å². The second-order valence-corrected chi connectivity index (χ2v) is 4.28. The standard InChI is InChI=1S/C12H15N5O3/c1-2-19-11-9-10(15-12(13)16-11)17(6-14-9)8-4-3-7(5-18)20-8/h3-4,6-8,18H,2,5H2,1H3,(H2,13,15,16)/t7-,8+/m0/s1. The van der Waals surface area contributed by atoms with E-state index >= 15 is 0 Å². The van der Waals surface area contributed by atoms with Crippen LogP contribution in [0, 0.1) is 0 Å². The minimum atomic E-state index is -0.374. The smallest absolute Gasteiger partial charge is 0.247 e. The number of nitrogens with two attached hydrogens (primary N) is 1. The molecule has 2 atom stereocenters. The second kappa shape index (κ2) is 5.06. The number of fused-ring (bicyclic) bond motifs is 1. The van der Waals surface area contributed by atoms with Crippen LogP contribution in [0.25, 0.3) is 11.2 Å². The number of aromatic nitrogens is 4. The lowest BCUT2D eigenvalue weighted by Crippen LogP contribution is -2.15. The Morgan fingerprint density at radius 1 is 1.45 bits per heavy atom. The van der Waals surface area contributed by atoms with Gasteiger partial charge >= 0.3 is 0 Å². The highest BCUT2D eigenvalue weighted by atomic mass is 16.5. The van der Waals surface area contributed by atoms with Crippen molar-refractivity contribution in [1.29, 1.82) is 0 Å². The van der Waals surface area contributed by atoms with Crippen LogP contribution in [0.1, 0.15) is 13.2 Å². The Labute approximate surface area is 114 Å². The van der Waals surface area contributed by atoms with Crippen molar-refractivity contribution in [1.82, 2.24) is 19.5 Å². The highest BCUT2D eigenvalue weighted by Crippen LogP contribution is 2.28. The van der Waals surface area contributed by atoms with Crippen molar-refractivity contribution in [3.8, 4) is 5.88 Å². The summed E-state index contributed by atoms with van der Waals surface area (Å²) in [4.78, 5) is 12.5. The van der Waals surface area contributed by atoms with Gasteiger partial charge in [-0.15, -0.1) is 0 Å². The number of rotatable bonds is 4. The third-order valence-electron chi connectivity index (χ3n) is 2.95. The van der Waals surface area contributed by atoms with E-state index in [9.17, 15) is 0 Å². The predicted molar refractivity (Wildman–Crippen MR) is 71.0 cm³/mol. The van der Waals surface area contributed by atoms with Crippen LogP contribution in [0.2, 0.25) is 0 Å². The zero-order valence-electron chi connectivity index (χ0n) is 10.9. The van der Waals surface area contributed by atoms with Crippen LogP contribution in [0.15, 0.2) is 18.5 Å². The van der Waals surface area contributed by atoms with E-state index in [-0.39, 0.29) is 24.9 Å². The fourth-order valence-corrected chi connectivity index (χ4v) is 2.08. The average molecular weight is 277 g/mol. The molecular formula is C12H15N5O3. The first-order valence-electron chi connectivity index (χ1n) is 6.30. The molecule has 0 amide bonds. The lowest BCUT2D eigenvalue weighted by Gasteiger charge is -2.14. The molecule has 3 heterocycles. The van der Waals surface area contributed by atoms with Crippen LogP contribution >= 0.6 is 0 Å². The molecule has 0 unspecified atom stereocenters. The van der Waals surface area contributed by atoms with E-state index in [4.69, 9.17) is 20.3 Å². The molecule has 2 aromatic heterocycles. The molecule has 0 aliphatic carbocycles. The molecular weight excluding hydrogens is 262 g/mol. The summed E-state index contributed by atoms with van der Waals surface area (Å²) in [5.74, 6) is 0.470. The van der Waals surface area contributed by atoms with Gasteiger partial charge in [-0.1, -0.05) is 6.08 Å². The summed E-state index contributed by atoms with van der Waals surface area (Å²) in [5, 5.41) is 9.09. The van der Waals surface area contributed by atoms with Gasteiger partial charge in [-0.3, -0.25) is 4.57 Å². The van der Waals surface area contributed by atoms with Crippen molar-refractivity contribution in [2.45, 2.75) is 19.3 Å². The van der Waals surface area contributed by atoms with Gasteiger partial charge in [0.05, 0.1) is 19.5 Å². The van der Waals surface area contributed by atoms with Crippen LogP contribution in [-0.2, 0) is 4.74 Å². The fraction of sp³-hybridized carbons (Fsp3) is 0.417. The molecule has 3 rings (SSSR count). The van der Waals surface area contributed by atoms with E-state index in [0.29, 0.717) is 23.7 Å². The van der Waals surface area contributed by atoms with E-state index in [2.05, 4.69) is 15.0 Å². The number of hydrogen-bond acceptors (Lipinski definition) is 7. The largest absolute Gasteiger partial charge is 0.476 e. The molecule has 0 fully saturated rings. The number of aliphatic hydroxyl groups is 1. The maximum Gasteiger partial charge on any atom is 0.247 e. The van der Waals surface area contributed by atoms with Gasteiger partial charge in [0, 0.05) is 0 Å². The number of anilines is 1. The summed E-state index contributed by atoms with van der Waals surface area (Å²) in [5.41, 5.74) is 6.76. The molecule has 2 aromatic rings. The number of hydrogen-bond donors (Lipinski definition) is 2. The van der Waals surface area contributed by atoms with Gasteiger partial charge in [-0.25, -0.2) is 4.98 Å². The van der Waals surface area contributed by atoms with Crippen molar-refractivity contribution in [3.63, 3.8) is 0 Å². The Kier molecular flexibility index (Phi) is 3.25. The number of ether oxygens (including phenoxy) is 2. The van der Waals surface area contributed by atoms with Gasteiger partial charge in [0.15, 0.2) is 17.4 Å². The van der Waals surface area contributed by atoms with Crippen LogP contribution in [-0.4, -0.2) is 43.9 Å². The fourth-order valence-electron chi connectivity index (χ4n) is 2.08. The molecule has 0 saturated carbocycles. The van der Waals surface area contributed by atoms with Crippen LogP contribution < -0.4 is 10.5 Å². The molecule has 0 radical (unpaired) electrons. The number of aliphatic hydroxyl groups excluding tert-OH is 1. The van der Waals surface area contributed by atoms with Gasteiger partial charge in [-0.05, 0) is 13.0 Å². The SMILES string of the molecule is CCOc1nc(N)nc2c1ncn2[C@H]1C=C[C@@H](CO)O1. The van der Waals surface area contributed by atoms with Gasteiger partial charge in [0.2, 0.25) is 11.8 Å². The normalized spacial score (nSPS) is 21.7. The maximum atomic E-state index is 9.09. The van der Waals surface area contributed by atoms with E-state index in [0.717, 1.165) is 0 Å². The molecule has 0 aromatic carbocycles. The van der Waals surface area contributed by atoms with Crippen molar-refractivity contribution >= 4 is 17.1 Å². The van der Waals surface area contributed by atoms with Crippen molar-refractivity contribution in [3.05, 3.63) is 18.5 Å². The summed E-state index contributed by atoms with van der Waals surface area (Å²) >= 11 is 0. The number of nitrogen functional groups attached to an aromatic ring is 1. The van der Waals surface area contributed by atoms with Crippen molar-refractivity contribution in [2.75, 3.05) is 18.9 Å². The van der Waals surface area contributed by atoms with Crippen molar-refractivity contribution < 1.29 is 14.6 Å². The molecule has 0 bridgehead atoms. The number of nitrogens with zero attached hydrogens (tertiary/aromatic N) is 4.